The van der Waals surface area contributed by atoms with E-state index in [9.17, 15) is 4.39 Å². The van der Waals surface area contributed by atoms with Gasteiger partial charge in [-0.05, 0) is 54.7 Å². The first-order chi connectivity index (χ1) is 12.5. The SMILES string of the molecule is COc1ccc(-c2noc(CNC(=S)Nc3ccc(F)c(Cl)c3)n2)cc1. The van der Waals surface area contributed by atoms with Crippen LogP contribution in [0, 0.1) is 5.82 Å². The lowest BCUT2D eigenvalue weighted by Crippen LogP contribution is -2.28. The van der Waals surface area contributed by atoms with Crippen molar-refractivity contribution in [1.82, 2.24) is 15.5 Å². The Bertz CT molecular complexity index is 917. The Balaban J connectivity index is 1.56. The van der Waals surface area contributed by atoms with Gasteiger partial charge in [0.15, 0.2) is 5.11 Å². The third-order valence-electron chi connectivity index (χ3n) is 3.39. The Morgan fingerprint density at radius 1 is 1.27 bits per heavy atom. The summed E-state index contributed by atoms with van der Waals surface area (Å²) < 4.78 is 23.5. The van der Waals surface area contributed by atoms with E-state index in [1.807, 2.05) is 24.3 Å². The van der Waals surface area contributed by atoms with Crippen molar-refractivity contribution in [3.8, 4) is 17.1 Å². The standard InChI is InChI=1S/C17H14ClFN4O2S/c1-24-12-5-2-10(3-6-12)16-22-15(25-23-16)9-20-17(26)21-11-4-7-14(19)13(18)8-11/h2-8H,9H2,1H3,(H2,20,21,26). The monoisotopic (exact) mass is 392 g/mol. The van der Waals surface area contributed by atoms with E-state index in [1.165, 1.54) is 18.2 Å². The highest BCUT2D eigenvalue weighted by molar-refractivity contribution is 7.80. The predicted octanol–water partition coefficient (Wildman–Crippen LogP) is 4.02. The highest BCUT2D eigenvalue weighted by Crippen LogP contribution is 2.20. The smallest absolute Gasteiger partial charge is 0.246 e. The molecule has 134 valence electrons. The van der Waals surface area contributed by atoms with E-state index in [0.29, 0.717) is 22.5 Å². The summed E-state index contributed by atoms with van der Waals surface area (Å²) >= 11 is 10.9. The molecular weight excluding hydrogens is 379 g/mol. The minimum Gasteiger partial charge on any atom is -0.497 e. The molecule has 1 aromatic heterocycles. The Hall–Kier alpha value is -2.71. The topological polar surface area (TPSA) is 72.2 Å². The van der Waals surface area contributed by atoms with E-state index in [0.717, 1.165) is 11.3 Å². The van der Waals surface area contributed by atoms with Gasteiger partial charge >= 0.3 is 0 Å². The Labute approximate surface area is 159 Å². The number of nitrogens with zero attached hydrogens (tertiary/aromatic N) is 2. The molecule has 0 radical (unpaired) electrons. The third-order valence-corrected chi connectivity index (χ3v) is 3.93. The maximum Gasteiger partial charge on any atom is 0.246 e. The Morgan fingerprint density at radius 3 is 2.73 bits per heavy atom. The van der Waals surface area contributed by atoms with Crippen LogP contribution in [-0.2, 0) is 6.54 Å². The summed E-state index contributed by atoms with van der Waals surface area (Å²) in [5, 5.41) is 10.1. The molecule has 0 spiro atoms. The first-order valence-electron chi connectivity index (χ1n) is 7.52. The number of ether oxygens (including phenoxy) is 1. The number of anilines is 1. The zero-order chi connectivity index (χ0) is 18.5. The molecule has 0 amide bonds. The van der Waals surface area contributed by atoms with Gasteiger partial charge in [0.25, 0.3) is 0 Å². The van der Waals surface area contributed by atoms with Crippen LogP contribution >= 0.6 is 23.8 Å². The van der Waals surface area contributed by atoms with Crippen LogP contribution in [0.5, 0.6) is 5.75 Å². The molecule has 9 heteroatoms. The van der Waals surface area contributed by atoms with Gasteiger partial charge in [0.1, 0.15) is 11.6 Å². The molecule has 6 nitrogen and oxygen atoms in total. The van der Waals surface area contributed by atoms with Crippen molar-refractivity contribution in [3.63, 3.8) is 0 Å². The van der Waals surface area contributed by atoms with Gasteiger partial charge in [-0.1, -0.05) is 16.8 Å². The van der Waals surface area contributed by atoms with E-state index in [2.05, 4.69) is 20.8 Å². The quantitative estimate of drug-likeness (QED) is 0.635. The molecule has 26 heavy (non-hydrogen) atoms. The molecule has 3 rings (SSSR count). The number of hydrogen-bond acceptors (Lipinski definition) is 5. The molecule has 0 fully saturated rings. The maximum absolute atomic E-state index is 13.1. The van der Waals surface area contributed by atoms with Crippen molar-refractivity contribution in [1.29, 1.82) is 0 Å². The number of thiocarbonyl (C=S) groups is 1. The first-order valence-corrected chi connectivity index (χ1v) is 8.30. The number of rotatable bonds is 5. The molecule has 0 saturated heterocycles. The zero-order valence-corrected chi connectivity index (χ0v) is 15.2. The highest BCUT2D eigenvalue weighted by atomic mass is 35.5. The summed E-state index contributed by atoms with van der Waals surface area (Å²) in [5.74, 6) is 1.09. The predicted molar refractivity (Wildman–Crippen MR) is 101 cm³/mol. The van der Waals surface area contributed by atoms with Crippen molar-refractivity contribution in [2.24, 2.45) is 0 Å². The minimum atomic E-state index is -0.493. The molecule has 0 aliphatic rings. The molecule has 1 heterocycles. The number of nitrogens with one attached hydrogen (secondary N) is 2. The van der Waals surface area contributed by atoms with Gasteiger partial charge in [-0.2, -0.15) is 4.98 Å². The lowest BCUT2D eigenvalue weighted by Gasteiger charge is -2.09. The average Bonchev–Trinajstić information content (AvgIpc) is 3.12. The fourth-order valence-electron chi connectivity index (χ4n) is 2.09. The highest BCUT2D eigenvalue weighted by Gasteiger charge is 2.09. The normalized spacial score (nSPS) is 10.4. The van der Waals surface area contributed by atoms with Crippen LogP contribution < -0.4 is 15.4 Å². The molecular formula is C17H14ClFN4O2S. The summed E-state index contributed by atoms with van der Waals surface area (Å²) in [4.78, 5) is 4.30. The second-order valence-corrected chi connectivity index (χ2v) is 5.99. The lowest BCUT2D eigenvalue weighted by molar-refractivity contribution is 0.376. The van der Waals surface area contributed by atoms with E-state index >= 15 is 0 Å². The van der Waals surface area contributed by atoms with Crippen LogP contribution in [0.2, 0.25) is 5.02 Å². The molecule has 0 aliphatic carbocycles. The van der Waals surface area contributed by atoms with Crippen LogP contribution in [0.1, 0.15) is 5.89 Å². The maximum atomic E-state index is 13.1. The summed E-state index contributed by atoms with van der Waals surface area (Å²) in [5.41, 5.74) is 1.38. The van der Waals surface area contributed by atoms with Crippen LogP contribution in [0.4, 0.5) is 10.1 Å². The zero-order valence-electron chi connectivity index (χ0n) is 13.6. The largest absolute Gasteiger partial charge is 0.497 e. The van der Waals surface area contributed by atoms with Gasteiger partial charge in [-0.3, -0.25) is 0 Å². The van der Waals surface area contributed by atoms with E-state index < -0.39 is 5.82 Å². The first kappa shape index (κ1) is 18.1. The van der Waals surface area contributed by atoms with Crippen molar-refractivity contribution in [2.75, 3.05) is 12.4 Å². The van der Waals surface area contributed by atoms with Crippen molar-refractivity contribution >= 4 is 34.6 Å². The lowest BCUT2D eigenvalue weighted by atomic mass is 10.2. The van der Waals surface area contributed by atoms with Gasteiger partial charge in [-0.25, -0.2) is 4.39 Å². The number of methoxy groups -OCH3 is 1. The molecule has 0 aliphatic heterocycles. The van der Waals surface area contributed by atoms with Gasteiger partial charge in [0, 0.05) is 11.3 Å². The second-order valence-electron chi connectivity index (χ2n) is 5.18. The molecule has 2 N–H and O–H groups in total. The minimum absolute atomic E-state index is 0.0128. The molecule has 0 saturated carbocycles. The van der Waals surface area contributed by atoms with Crippen LogP contribution in [-0.4, -0.2) is 22.4 Å². The van der Waals surface area contributed by atoms with Crippen LogP contribution in [0.15, 0.2) is 47.0 Å². The third kappa shape index (κ3) is 4.47. The average molecular weight is 393 g/mol. The second kappa shape index (κ2) is 8.11. The van der Waals surface area contributed by atoms with E-state index in [4.69, 9.17) is 33.1 Å². The number of hydrogen-bond donors (Lipinski definition) is 2. The fraction of sp³-hybridized carbons (Fsp3) is 0.118. The summed E-state index contributed by atoms with van der Waals surface area (Å²) in [7, 11) is 1.60. The van der Waals surface area contributed by atoms with Gasteiger partial charge in [-0.15, -0.1) is 0 Å². The Kier molecular flexibility index (Phi) is 5.65. The van der Waals surface area contributed by atoms with Gasteiger partial charge < -0.3 is 19.9 Å². The van der Waals surface area contributed by atoms with E-state index in [1.54, 1.807) is 7.11 Å². The molecule has 0 atom stereocenters. The van der Waals surface area contributed by atoms with Crippen molar-refractivity contribution < 1.29 is 13.7 Å². The number of benzene rings is 2. The molecule has 0 unspecified atom stereocenters. The van der Waals surface area contributed by atoms with Gasteiger partial charge in [0.05, 0.1) is 18.7 Å². The fourth-order valence-corrected chi connectivity index (χ4v) is 2.46. The molecule has 3 aromatic rings. The van der Waals surface area contributed by atoms with Crippen molar-refractivity contribution in [3.05, 3.63) is 59.2 Å². The van der Waals surface area contributed by atoms with Gasteiger partial charge in [0.2, 0.25) is 11.7 Å². The number of halogens is 2. The molecule has 2 aromatic carbocycles. The van der Waals surface area contributed by atoms with Crippen molar-refractivity contribution in [2.45, 2.75) is 6.54 Å². The summed E-state index contributed by atoms with van der Waals surface area (Å²) in [6.45, 7) is 0.240. The molecule has 0 bridgehead atoms. The summed E-state index contributed by atoms with van der Waals surface area (Å²) in [6, 6.07) is 11.5. The Morgan fingerprint density at radius 2 is 2.04 bits per heavy atom. The number of aromatic nitrogens is 2. The van der Waals surface area contributed by atoms with E-state index in [-0.39, 0.29) is 11.6 Å². The summed E-state index contributed by atoms with van der Waals surface area (Å²) in [6.07, 6.45) is 0. The van der Waals surface area contributed by atoms with Crippen LogP contribution in [0.25, 0.3) is 11.4 Å². The van der Waals surface area contributed by atoms with Crippen LogP contribution in [0.3, 0.4) is 0 Å².